The van der Waals surface area contributed by atoms with Crippen LogP contribution in [-0.4, -0.2) is 9.61 Å². The van der Waals surface area contributed by atoms with Crippen LogP contribution in [0.2, 0.25) is 0 Å². The van der Waals surface area contributed by atoms with Gasteiger partial charge < -0.3 is 4.90 Å². The van der Waals surface area contributed by atoms with Gasteiger partial charge >= 0.3 is 0 Å². The van der Waals surface area contributed by atoms with E-state index in [1.54, 1.807) is 0 Å². The molecule has 0 radical (unpaired) electrons. The Morgan fingerprint density at radius 3 is 1.48 bits per heavy atom. The van der Waals surface area contributed by atoms with E-state index in [1.165, 1.54) is 33.4 Å². The second kappa shape index (κ2) is 16.7. The lowest BCUT2D eigenvalue weighted by molar-refractivity contribution is 0.768. The number of aromatic nitrogens is 2. The Hall–Kier alpha value is -9.05. The molecule has 0 unspecified atom stereocenters. The van der Waals surface area contributed by atoms with Crippen molar-refractivity contribution in [3.8, 4) is 55.9 Å². The molecule has 0 N–H and O–H groups in total. The summed E-state index contributed by atoms with van der Waals surface area (Å²) >= 11 is 0. The zero-order chi connectivity index (χ0) is 45.7. The average molecular weight is 880 g/mol. The van der Waals surface area contributed by atoms with Crippen LogP contribution >= 0.6 is 0 Å². The Kier molecular flexibility index (Phi) is 9.73. The third kappa shape index (κ3) is 6.39. The highest BCUT2D eigenvalue weighted by molar-refractivity contribution is 6.16. The Morgan fingerprint density at radius 1 is 0.362 bits per heavy atom. The SMILES string of the molecule is c1ccc(-c2ccccc2N(c2ccc3c(c2)C(c2ccccc2)(c2ccccc2)c2ccccc2-3)c2c(-c3ccccc3)n3nc(-c4ccccc4)c(-c4ccccc4)c3c3ccccc23)cc1. The Balaban J connectivity index is 1.21. The van der Waals surface area contributed by atoms with Crippen molar-refractivity contribution in [2.24, 2.45) is 0 Å². The number of rotatable bonds is 9. The summed E-state index contributed by atoms with van der Waals surface area (Å²) in [6.07, 6.45) is 0. The summed E-state index contributed by atoms with van der Waals surface area (Å²) in [7, 11) is 0. The van der Waals surface area contributed by atoms with Gasteiger partial charge in [-0.3, -0.25) is 0 Å². The number of para-hydroxylation sites is 1. The molecule has 2 heterocycles. The molecule has 10 aromatic carbocycles. The van der Waals surface area contributed by atoms with Gasteiger partial charge in [0.2, 0.25) is 0 Å². The molecule has 12 aromatic rings. The molecule has 0 atom stereocenters. The Bertz CT molecular complexity index is 3770. The second-order valence-corrected chi connectivity index (χ2v) is 17.8. The Labute approximate surface area is 402 Å². The van der Waals surface area contributed by atoms with Crippen LogP contribution in [0.25, 0.3) is 72.2 Å². The lowest BCUT2D eigenvalue weighted by Crippen LogP contribution is -2.28. The molecule has 0 spiro atoms. The number of hydrogen-bond donors (Lipinski definition) is 0. The number of benzene rings is 10. The van der Waals surface area contributed by atoms with E-state index in [0.717, 1.165) is 78.1 Å². The first-order chi connectivity index (χ1) is 34.3. The van der Waals surface area contributed by atoms with E-state index in [4.69, 9.17) is 5.10 Å². The predicted octanol–water partition coefficient (Wildman–Crippen LogP) is 17.0. The van der Waals surface area contributed by atoms with Gasteiger partial charge in [-0.1, -0.05) is 255 Å². The van der Waals surface area contributed by atoms with Crippen molar-refractivity contribution < 1.29 is 0 Å². The van der Waals surface area contributed by atoms with Crippen LogP contribution in [0, 0.1) is 0 Å². The van der Waals surface area contributed by atoms with Crippen LogP contribution in [0.1, 0.15) is 22.3 Å². The van der Waals surface area contributed by atoms with Crippen molar-refractivity contribution in [2.75, 3.05) is 4.90 Å². The minimum absolute atomic E-state index is 0.597. The van der Waals surface area contributed by atoms with E-state index >= 15 is 0 Å². The minimum atomic E-state index is -0.597. The molecule has 3 nitrogen and oxygen atoms in total. The topological polar surface area (TPSA) is 20.5 Å². The number of fused-ring (bicyclic) bond motifs is 6. The Morgan fingerprint density at radius 2 is 0.841 bits per heavy atom. The van der Waals surface area contributed by atoms with Gasteiger partial charge in [0.1, 0.15) is 5.69 Å². The minimum Gasteiger partial charge on any atom is -0.307 e. The lowest BCUT2D eigenvalue weighted by Gasteiger charge is -2.35. The van der Waals surface area contributed by atoms with Crippen molar-refractivity contribution in [1.29, 1.82) is 0 Å². The number of hydrogen-bond acceptors (Lipinski definition) is 2. The van der Waals surface area contributed by atoms with Crippen molar-refractivity contribution in [3.05, 3.63) is 295 Å². The summed E-state index contributed by atoms with van der Waals surface area (Å²) in [5.41, 5.74) is 19.6. The van der Waals surface area contributed by atoms with E-state index in [1.807, 2.05) is 0 Å². The van der Waals surface area contributed by atoms with E-state index in [-0.39, 0.29) is 0 Å². The number of nitrogens with zero attached hydrogens (tertiary/aromatic N) is 3. The molecule has 69 heavy (non-hydrogen) atoms. The van der Waals surface area contributed by atoms with E-state index in [2.05, 4.69) is 282 Å². The smallest absolute Gasteiger partial charge is 0.101 e. The fraction of sp³-hybridized carbons (Fsp3) is 0.0152. The zero-order valence-electron chi connectivity index (χ0n) is 37.8. The highest BCUT2D eigenvalue weighted by atomic mass is 15.3. The lowest BCUT2D eigenvalue weighted by atomic mass is 9.67. The third-order valence-corrected chi connectivity index (χ3v) is 14.1. The molecular weight excluding hydrogens is 835 g/mol. The van der Waals surface area contributed by atoms with Crippen LogP contribution in [0.5, 0.6) is 0 Å². The molecule has 1 aliphatic carbocycles. The molecule has 1 aliphatic rings. The molecule has 0 aliphatic heterocycles. The van der Waals surface area contributed by atoms with Crippen LogP contribution < -0.4 is 4.90 Å². The first kappa shape index (κ1) is 40.2. The second-order valence-electron chi connectivity index (χ2n) is 17.8. The highest BCUT2D eigenvalue weighted by Gasteiger charge is 2.46. The van der Waals surface area contributed by atoms with Gasteiger partial charge in [0.05, 0.1) is 28.0 Å². The standard InChI is InChI=1S/C66H45N3/c1-7-25-46(26-8-1)53-37-22-24-42-60(53)68(52-43-44-55-54-38-21-23-41-58(54)66(59(55)45-52,50-33-15-5-16-34-50)51-35-17-6-18-36-51)65-57-40-20-19-39-56(57)64-61(47-27-9-2-10-28-47)62(48-29-11-3-12-30-48)67-69(64)63(65)49-31-13-4-14-32-49/h1-45H. The van der Waals surface area contributed by atoms with Gasteiger partial charge in [-0.25, -0.2) is 4.52 Å². The van der Waals surface area contributed by atoms with Gasteiger partial charge in [-0.2, -0.15) is 5.10 Å². The van der Waals surface area contributed by atoms with E-state index < -0.39 is 5.41 Å². The quantitative estimate of drug-likeness (QED) is 0.144. The molecule has 0 saturated carbocycles. The molecular formula is C66H45N3. The monoisotopic (exact) mass is 879 g/mol. The normalized spacial score (nSPS) is 12.5. The van der Waals surface area contributed by atoms with Gasteiger partial charge in [0, 0.05) is 38.7 Å². The summed E-state index contributed by atoms with van der Waals surface area (Å²) in [6, 6.07) is 99.2. The van der Waals surface area contributed by atoms with E-state index in [9.17, 15) is 0 Å². The predicted molar refractivity (Wildman–Crippen MR) is 286 cm³/mol. The van der Waals surface area contributed by atoms with Crippen LogP contribution in [0.4, 0.5) is 17.1 Å². The number of anilines is 3. The molecule has 13 rings (SSSR count). The maximum absolute atomic E-state index is 5.77. The first-order valence-corrected chi connectivity index (χ1v) is 23.7. The fourth-order valence-electron chi connectivity index (χ4n) is 11.2. The van der Waals surface area contributed by atoms with Crippen LogP contribution in [0.15, 0.2) is 273 Å². The summed E-state index contributed by atoms with van der Waals surface area (Å²) in [5, 5.41) is 8.00. The van der Waals surface area contributed by atoms with Crippen molar-refractivity contribution in [2.45, 2.75) is 5.41 Å². The molecule has 0 fully saturated rings. The van der Waals surface area contributed by atoms with Crippen molar-refractivity contribution in [3.63, 3.8) is 0 Å². The van der Waals surface area contributed by atoms with Crippen molar-refractivity contribution in [1.82, 2.24) is 9.61 Å². The van der Waals surface area contributed by atoms with Gasteiger partial charge in [-0.05, 0) is 62.7 Å². The van der Waals surface area contributed by atoms with Gasteiger partial charge in [0.25, 0.3) is 0 Å². The summed E-state index contributed by atoms with van der Waals surface area (Å²) < 4.78 is 2.25. The van der Waals surface area contributed by atoms with E-state index in [0.29, 0.717) is 0 Å². The van der Waals surface area contributed by atoms with Gasteiger partial charge in [0.15, 0.2) is 0 Å². The molecule has 2 aromatic heterocycles. The summed E-state index contributed by atoms with van der Waals surface area (Å²) in [6.45, 7) is 0. The maximum Gasteiger partial charge on any atom is 0.101 e. The van der Waals surface area contributed by atoms with Crippen molar-refractivity contribution >= 4 is 33.4 Å². The highest BCUT2D eigenvalue weighted by Crippen LogP contribution is 2.58. The first-order valence-electron chi connectivity index (χ1n) is 23.7. The molecule has 0 saturated heterocycles. The third-order valence-electron chi connectivity index (χ3n) is 14.1. The summed E-state index contributed by atoms with van der Waals surface area (Å²) in [5.74, 6) is 0. The molecule has 0 bridgehead atoms. The molecule has 0 amide bonds. The molecule has 324 valence electrons. The van der Waals surface area contributed by atoms with Crippen LogP contribution in [0.3, 0.4) is 0 Å². The average Bonchev–Trinajstić information content (AvgIpc) is 3.98. The largest absolute Gasteiger partial charge is 0.307 e. The summed E-state index contributed by atoms with van der Waals surface area (Å²) in [4.78, 5) is 2.53. The molecule has 3 heteroatoms. The number of pyridine rings is 1. The van der Waals surface area contributed by atoms with Gasteiger partial charge in [-0.15, -0.1) is 0 Å². The zero-order valence-corrected chi connectivity index (χ0v) is 37.8. The maximum atomic E-state index is 5.77. The fourth-order valence-corrected chi connectivity index (χ4v) is 11.2. The van der Waals surface area contributed by atoms with Crippen LogP contribution in [-0.2, 0) is 5.41 Å².